The standard InChI is InChI=1S/C21H26F3N3O4/c1-20(2,3)31-18(28)13-6-4-12(5-7-13)11-25-16-10-14(17-26-27-19(29)30-17)8-9-15(16)21(22,23)24/h8-10,12-13,25H,4-7,11H2,1-3H3,(H,27,29)/t12-,13-. The van der Waals surface area contributed by atoms with Gasteiger partial charge in [-0.2, -0.15) is 13.2 Å². The first-order valence-corrected chi connectivity index (χ1v) is 10.2. The average Bonchev–Trinajstić information content (AvgIpc) is 3.11. The third-order valence-corrected chi connectivity index (χ3v) is 5.18. The van der Waals surface area contributed by atoms with Gasteiger partial charge in [-0.05, 0) is 70.6 Å². The molecule has 1 aliphatic rings. The van der Waals surface area contributed by atoms with Crippen molar-refractivity contribution < 1.29 is 27.1 Å². The van der Waals surface area contributed by atoms with Crippen LogP contribution in [0.25, 0.3) is 11.5 Å². The molecule has 0 amide bonds. The van der Waals surface area contributed by atoms with Crippen LogP contribution in [0.2, 0.25) is 0 Å². The second-order valence-corrected chi connectivity index (χ2v) is 8.81. The van der Waals surface area contributed by atoms with Crippen LogP contribution in [0.5, 0.6) is 0 Å². The van der Waals surface area contributed by atoms with Crippen molar-refractivity contribution in [3.63, 3.8) is 0 Å². The molecule has 1 saturated carbocycles. The van der Waals surface area contributed by atoms with Gasteiger partial charge in [0, 0.05) is 17.8 Å². The number of anilines is 1. The Bertz CT molecular complexity index is 967. The van der Waals surface area contributed by atoms with Crippen LogP contribution in [0.3, 0.4) is 0 Å². The molecule has 1 aliphatic carbocycles. The molecule has 10 heteroatoms. The normalized spacial score (nSPS) is 19.8. The Kier molecular flexibility index (Phi) is 6.47. The topological polar surface area (TPSA) is 97.2 Å². The molecule has 2 aromatic rings. The van der Waals surface area contributed by atoms with E-state index in [1.165, 1.54) is 12.1 Å². The van der Waals surface area contributed by atoms with Crippen molar-refractivity contribution in [3.8, 4) is 11.5 Å². The molecular formula is C21H26F3N3O4. The molecule has 0 unspecified atom stereocenters. The first-order chi connectivity index (χ1) is 14.4. The lowest BCUT2D eigenvalue weighted by molar-refractivity contribution is -0.161. The van der Waals surface area contributed by atoms with E-state index in [1.807, 2.05) is 20.8 Å². The van der Waals surface area contributed by atoms with Crippen LogP contribution in [0.15, 0.2) is 27.4 Å². The molecule has 1 aromatic heterocycles. The Morgan fingerprint density at radius 1 is 1.23 bits per heavy atom. The summed E-state index contributed by atoms with van der Waals surface area (Å²) in [6, 6.07) is 3.42. The number of H-pyrrole nitrogens is 1. The van der Waals surface area contributed by atoms with Crippen LogP contribution in [-0.4, -0.2) is 28.3 Å². The number of ether oxygens (including phenoxy) is 1. The maximum absolute atomic E-state index is 13.4. The zero-order chi connectivity index (χ0) is 22.8. The highest BCUT2D eigenvalue weighted by atomic mass is 19.4. The number of rotatable bonds is 5. The van der Waals surface area contributed by atoms with E-state index < -0.39 is 23.1 Å². The monoisotopic (exact) mass is 441 g/mol. The summed E-state index contributed by atoms with van der Waals surface area (Å²) in [7, 11) is 0. The number of nitrogens with one attached hydrogen (secondary N) is 2. The molecule has 0 radical (unpaired) electrons. The molecule has 1 heterocycles. The highest BCUT2D eigenvalue weighted by Gasteiger charge is 2.34. The minimum absolute atomic E-state index is 0.0837. The second-order valence-electron chi connectivity index (χ2n) is 8.81. The molecule has 0 spiro atoms. The number of carbonyl (C=O) groups excluding carboxylic acids is 1. The lowest BCUT2D eigenvalue weighted by Gasteiger charge is -2.30. The van der Waals surface area contributed by atoms with Crippen molar-refractivity contribution in [2.24, 2.45) is 11.8 Å². The molecule has 0 saturated heterocycles. The summed E-state index contributed by atoms with van der Waals surface area (Å²) in [5, 5.41) is 8.65. The van der Waals surface area contributed by atoms with Crippen molar-refractivity contribution in [1.29, 1.82) is 0 Å². The molecule has 1 aromatic carbocycles. The first-order valence-electron chi connectivity index (χ1n) is 10.2. The summed E-state index contributed by atoms with van der Waals surface area (Å²) in [5.41, 5.74) is -1.20. The molecular weight excluding hydrogens is 415 g/mol. The van der Waals surface area contributed by atoms with Gasteiger partial charge in [0.1, 0.15) is 5.60 Å². The van der Waals surface area contributed by atoms with Crippen molar-refractivity contribution in [1.82, 2.24) is 10.2 Å². The predicted molar refractivity (Wildman–Crippen MR) is 107 cm³/mol. The number of aromatic amines is 1. The van der Waals surface area contributed by atoms with Crippen LogP contribution in [0.1, 0.15) is 52.0 Å². The van der Waals surface area contributed by atoms with Crippen molar-refractivity contribution in [2.75, 3.05) is 11.9 Å². The zero-order valence-corrected chi connectivity index (χ0v) is 17.6. The van der Waals surface area contributed by atoms with Gasteiger partial charge < -0.3 is 14.5 Å². The fourth-order valence-corrected chi connectivity index (χ4v) is 3.67. The summed E-state index contributed by atoms with van der Waals surface area (Å²) < 4.78 is 50.6. The van der Waals surface area contributed by atoms with Gasteiger partial charge in [-0.15, -0.1) is 5.10 Å². The molecule has 170 valence electrons. The number of alkyl halides is 3. The van der Waals surface area contributed by atoms with E-state index in [9.17, 15) is 22.8 Å². The molecule has 3 rings (SSSR count). The van der Waals surface area contributed by atoms with Gasteiger partial charge in [0.25, 0.3) is 0 Å². The number of hydrogen-bond donors (Lipinski definition) is 2. The van der Waals surface area contributed by atoms with E-state index in [1.54, 1.807) is 0 Å². The van der Waals surface area contributed by atoms with Crippen LogP contribution in [0.4, 0.5) is 18.9 Å². The van der Waals surface area contributed by atoms with Crippen LogP contribution in [-0.2, 0) is 15.7 Å². The Morgan fingerprint density at radius 3 is 2.45 bits per heavy atom. The van der Waals surface area contributed by atoms with E-state index in [4.69, 9.17) is 9.15 Å². The minimum Gasteiger partial charge on any atom is -0.460 e. The van der Waals surface area contributed by atoms with Crippen molar-refractivity contribution in [2.45, 2.75) is 58.2 Å². The fraction of sp³-hybridized carbons (Fsp3) is 0.571. The van der Waals surface area contributed by atoms with Crippen LogP contribution < -0.4 is 11.1 Å². The molecule has 7 nitrogen and oxygen atoms in total. The van der Waals surface area contributed by atoms with E-state index in [0.717, 1.165) is 6.07 Å². The van der Waals surface area contributed by atoms with Crippen molar-refractivity contribution in [3.05, 3.63) is 34.3 Å². The van der Waals surface area contributed by atoms with Gasteiger partial charge in [-0.25, -0.2) is 9.89 Å². The quantitative estimate of drug-likeness (QED) is 0.658. The number of nitrogens with zero attached hydrogens (tertiary/aromatic N) is 1. The summed E-state index contributed by atoms with van der Waals surface area (Å²) in [4.78, 5) is 23.4. The highest BCUT2D eigenvalue weighted by molar-refractivity contribution is 5.73. The number of hydrogen-bond acceptors (Lipinski definition) is 6. The van der Waals surface area contributed by atoms with E-state index in [2.05, 4.69) is 15.5 Å². The summed E-state index contributed by atoms with van der Waals surface area (Å²) in [6.45, 7) is 5.79. The molecule has 0 atom stereocenters. The number of halogens is 3. The van der Waals surface area contributed by atoms with Crippen molar-refractivity contribution >= 4 is 11.7 Å². The third-order valence-electron chi connectivity index (χ3n) is 5.18. The fourth-order valence-electron chi connectivity index (χ4n) is 3.67. The Balaban J connectivity index is 1.66. The van der Waals surface area contributed by atoms with Crippen LogP contribution >= 0.6 is 0 Å². The molecule has 0 bridgehead atoms. The van der Waals surface area contributed by atoms with Gasteiger partial charge >= 0.3 is 17.9 Å². The van der Waals surface area contributed by atoms with Crippen LogP contribution in [0, 0.1) is 11.8 Å². The number of aromatic nitrogens is 2. The number of esters is 1. The highest BCUT2D eigenvalue weighted by Crippen LogP contribution is 2.38. The summed E-state index contributed by atoms with van der Waals surface area (Å²) in [6.07, 6.45) is -1.82. The Hall–Kier alpha value is -2.78. The summed E-state index contributed by atoms with van der Waals surface area (Å²) in [5.74, 6) is -1.13. The molecule has 31 heavy (non-hydrogen) atoms. The van der Waals surface area contributed by atoms with Gasteiger partial charge in [-0.1, -0.05) is 0 Å². The second kappa shape index (κ2) is 8.76. The van der Waals surface area contributed by atoms with Gasteiger partial charge in [0.15, 0.2) is 0 Å². The predicted octanol–water partition coefficient (Wildman–Crippen LogP) is 4.61. The molecule has 2 N–H and O–H groups in total. The molecule has 1 fully saturated rings. The SMILES string of the molecule is CC(C)(C)OC(=O)[C@H]1CC[C@H](CNc2cc(-c3n[nH]c(=O)o3)ccc2C(F)(F)F)CC1. The maximum Gasteiger partial charge on any atom is 0.434 e. The lowest BCUT2D eigenvalue weighted by Crippen LogP contribution is -2.32. The zero-order valence-electron chi connectivity index (χ0n) is 17.6. The largest absolute Gasteiger partial charge is 0.460 e. The number of benzene rings is 1. The Morgan fingerprint density at radius 2 is 1.90 bits per heavy atom. The minimum atomic E-state index is -4.54. The van der Waals surface area contributed by atoms with E-state index >= 15 is 0 Å². The van der Waals surface area contributed by atoms with Gasteiger partial charge in [0.05, 0.1) is 11.5 Å². The first kappa shape index (κ1) is 22.9. The smallest absolute Gasteiger partial charge is 0.434 e. The lowest BCUT2D eigenvalue weighted by atomic mass is 9.82. The van der Waals surface area contributed by atoms with Gasteiger partial charge in [0.2, 0.25) is 5.89 Å². The summed E-state index contributed by atoms with van der Waals surface area (Å²) >= 11 is 0. The number of carbonyl (C=O) groups is 1. The molecule has 0 aliphatic heterocycles. The average molecular weight is 441 g/mol. The van der Waals surface area contributed by atoms with E-state index in [-0.39, 0.29) is 34.9 Å². The Labute approximate surface area is 177 Å². The van der Waals surface area contributed by atoms with Gasteiger partial charge in [-0.3, -0.25) is 4.79 Å². The maximum atomic E-state index is 13.4. The third kappa shape index (κ3) is 6.11. The van der Waals surface area contributed by atoms with E-state index in [0.29, 0.717) is 32.2 Å².